The number of rotatable bonds is 2. The van der Waals surface area contributed by atoms with E-state index in [4.69, 9.17) is 16.3 Å². The van der Waals surface area contributed by atoms with Crippen molar-refractivity contribution < 1.29 is 14.1 Å². The molecule has 0 saturated carbocycles. The zero-order valence-electron chi connectivity index (χ0n) is 9.08. The second kappa shape index (κ2) is 4.25. The van der Waals surface area contributed by atoms with E-state index in [1.165, 1.54) is 0 Å². The molecule has 4 nitrogen and oxygen atoms in total. The van der Waals surface area contributed by atoms with E-state index in [1.807, 2.05) is 0 Å². The van der Waals surface area contributed by atoms with Crippen LogP contribution in [0.25, 0.3) is 0 Å². The molecule has 1 aromatic rings. The number of ether oxygens (including phenoxy) is 1. The average molecular weight is 248 g/mol. The van der Waals surface area contributed by atoms with Crippen LogP contribution in [0.15, 0.2) is 12.1 Å². The van der Waals surface area contributed by atoms with Crippen molar-refractivity contribution >= 4 is 17.3 Å². The largest absolute Gasteiger partial charge is 0.485 e. The number of nitro benzene ring substituents is 1. The Hall–Kier alpha value is -1.36. The number of benzene rings is 1. The molecular weight excluding hydrogens is 237 g/mol. The molecule has 0 aliphatic heterocycles. The molecule has 0 bridgehead atoms. The van der Waals surface area contributed by atoms with Gasteiger partial charge >= 0.3 is 0 Å². The van der Waals surface area contributed by atoms with Crippen LogP contribution in [-0.4, -0.2) is 10.5 Å². The van der Waals surface area contributed by atoms with Crippen LogP contribution in [0, 0.1) is 15.9 Å². The van der Waals surface area contributed by atoms with Gasteiger partial charge in [-0.1, -0.05) is 11.6 Å². The number of nitro groups is 1. The van der Waals surface area contributed by atoms with Crippen LogP contribution in [0.2, 0.25) is 5.02 Å². The van der Waals surface area contributed by atoms with Gasteiger partial charge in [-0.25, -0.2) is 4.39 Å². The van der Waals surface area contributed by atoms with E-state index in [1.54, 1.807) is 20.8 Å². The average Bonchev–Trinajstić information content (AvgIpc) is 2.07. The Morgan fingerprint density at radius 1 is 1.44 bits per heavy atom. The van der Waals surface area contributed by atoms with Crippen LogP contribution < -0.4 is 4.74 Å². The molecule has 0 aliphatic carbocycles. The van der Waals surface area contributed by atoms with Gasteiger partial charge in [0, 0.05) is 6.07 Å². The molecule has 0 aromatic heterocycles. The number of halogens is 2. The highest BCUT2D eigenvalue weighted by Crippen LogP contribution is 2.32. The van der Waals surface area contributed by atoms with Crippen LogP contribution >= 0.6 is 11.6 Å². The van der Waals surface area contributed by atoms with E-state index in [-0.39, 0.29) is 10.8 Å². The van der Waals surface area contributed by atoms with Crippen LogP contribution in [-0.2, 0) is 0 Å². The fourth-order valence-electron chi connectivity index (χ4n) is 1.07. The number of hydrogen-bond acceptors (Lipinski definition) is 3. The Bertz CT molecular complexity index is 429. The highest BCUT2D eigenvalue weighted by Gasteiger charge is 2.21. The normalized spacial score (nSPS) is 11.3. The van der Waals surface area contributed by atoms with Crippen molar-refractivity contribution in [1.29, 1.82) is 0 Å². The highest BCUT2D eigenvalue weighted by molar-refractivity contribution is 6.32. The Balaban J connectivity index is 3.16. The predicted molar refractivity (Wildman–Crippen MR) is 58.4 cm³/mol. The third kappa shape index (κ3) is 3.06. The summed E-state index contributed by atoms with van der Waals surface area (Å²) in [5.74, 6) is -0.894. The highest BCUT2D eigenvalue weighted by atomic mass is 35.5. The lowest BCUT2D eigenvalue weighted by molar-refractivity contribution is -0.384. The molecule has 6 heteroatoms. The van der Waals surface area contributed by atoms with E-state index in [0.29, 0.717) is 0 Å². The minimum Gasteiger partial charge on any atom is -0.485 e. The maximum atomic E-state index is 13.4. The fourth-order valence-corrected chi connectivity index (χ4v) is 1.29. The zero-order chi connectivity index (χ0) is 12.5. The predicted octanol–water partition coefficient (Wildman–Crippen LogP) is 3.56. The zero-order valence-corrected chi connectivity index (χ0v) is 9.84. The molecule has 1 rings (SSSR count). The molecule has 0 N–H and O–H groups in total. The van der Waals surface area contributed by atoms with Crippen LogP contribution in [0.3, 0.4) is 0 Å². The van der Waals surface area contributed by atoms with Gasteiger partial charge in [0.2, 0.25) is 0 Å². The monoisotopic (exact) mass is 247 g/mol. The van der Waals surface area contributed by atoms with Gasteiger partial charge in [-0.15, -0.1) is 0 Å². The molecule has 0 radical (unpaired) electrons. The summed E-state index contributed by atoms with van der Waals surface area (Å²) in [5, 5.41) is 10.3. The van der Waals surface area contributed by atoms with Gasteiger partial charge in [0.25, 0.3) is 5.69 Å². The minimum atomic E-state index is -0.800. The Kier molecular flexibility index (Phi) is 3.38. The maximum absolute atomic E-state index is 13.4. The third-order valence-electron chi connectivity index (χ3n) is 1.61. The van der Waals surface area contributed by atoms with Crippen molar-refractivity contribution in [3.05, 3.63) is 33.1 Å². The molecule has 0 spiro atoms. The van der Waals surface area contributed by atoms with E-state index in [9.17, 15) is 14.5 Å². The van der Waals surface area contributed by atoms with Gasteiger partial charge in [0.15, 0.2) is 11.6 Å². The Morgan fingerprint density at radius 2 is 2.00 bits per heavy atom. The van der Waals surface area contributed by atoms with Gasteiger partial charge in [0.1, 0.15) is 10.6 Å². The van der Waals surface area contributed by atoms with Crippen molar-refractivity contribution in [2.75, 3.05) is 0 Å². The van der Waals surface area contributed by atoms with Crippen LogP contribution in [0.5, 0.6) is 5.75 Å². The molecule has 0 heterocycles. The lowest BCUT2D eigenvalue weighted by Crippen LogP contribution is -2.23. The van der Waals surface area contributed by atoms with Crippen LogP contribution in [0.1, 0.15) is 20.8 Å². The molecule has 0 atom stereocenters. The van der Waals surface area contributed by atoms with Crippen molar-refractivity contribution in [2.45, 2.75) is 26.4 Å². The van der Waals surface area contributed by atoms with Crippen molar-refractivity contribution in [3.8, 4) is 5.75 Å². The molecule has 0 fully saturated rings. The van der Waals surface area contributed by atoms with E-state index < -0.39 is 22.0 Å². The van der Waals surface area contributed by atoms with Gasteiger partial charge < -0.3 is 4.74 Å². The third-order valence-corrected chi connectivity index (χ3v) is 1.92. The smallest absolute Gasteiger partial charge is 0.291 e. The molecule has 0 aliphatic rings. The molecule has 16 heavy (non-hydrogen) atoms. The Labute approximate surface area is 97.1 Å². The quantitative estimate of drug-likeness (QED) is 0.593. The Morgan fingerprint density at radius 3 is 2.44 bits per heavy atom. The molecule has 0 amide bonds. The second-order valence-corrected chi connectivity index (χ2v) is 4.61. The van der Waals surface area contributed by atoms with E-state index >= 15 is 0 Å². The summed E-state index contributed by atoms with van der Waals surface area (Å²) in [4.78, 5) is 9.74. The van der Waals surface area contributed by atoms with Gasteiger partial charge in [-0.2, -0.15) is 0 Å². The summed E-state index contributed by atoms with van der Waals surface area (Å²) in [5.41, 5.74) is -1.07. The maximum Gasteiger partial charge on any atom is 0.291 e. The standard InChI is InChI=1S/C10H11ClFNO3/c1-10(2,3)16-9-4-6(11)8(13(14)15)5-7(9)12/h4-5H,1-3H3. The summed E-state index contributed by atoms with van der Waals surface area (Å²) >= 11 is 5.64. The lowest BCUT2D eigenvalue weighted by Gasteiger charge is -2.21. The minimum absolute atomic E-state index is 0.0944. The second-order valence-electron chi connectivity index (χ2n) is 4.21. The van der Waals surface area contributed by atoms with Crippen molar-refractivity contribution in [2.24, 2.45) is 0 Å². The summed E-state index contributed by atoms with van der Waals surface area (Å²) in [7, 11) is 0. The van der Waals surface area contributed by atoms with E-state index in [0.717, 1.165) is 12.1 Å². The summed E-state index contributed by atoms with van der Waals surface area (Å²) in [6.45, 7) is 5.21. The topological polar surface area (TPSA) is 52.4 Å². The lowest BCUT2D eigenvalue weighted by atomic mass is 10.2. The molecular formula is C10H11ClFNO3. The first-order chi connectivity index (χ1) is 7.20. The first-order valence-corrected chi connectivity index (χ1v) is 4.91. The summed E-state index contributed by atoms with van der Waals surface area (Å²) < 4.78 is 18.7. The van der Waals surface area contributed by atoms with Gasteiger partial charge in [0.05, 0.1) is 11.0 Å². The van der Waals surface area contributed by atoms with Crippen molar-refractivity contribution in [1.82, 2.24) is 0 Å². The van der Waals surface area contributed by atoms with E-state index in [2.05, 4.69) is 0 Å². The molecule has 88 valence electrons. The SMILES string of the molecule is CC(C)(C)Oc1cc(Cl)c([N+](=O)[O-])cc1F. The first-order valence-electron chi connectivity index (χ1n) is 4.53. The van der Waals surface area contributed by atoms with Gasteiger partial charge in [-0.3, -0.25) is 10.1 Å². The number of nitrogens with zero attached hydrogens (tertiary/aromatic N) is 1. The molecule has 0 saturated heterocycles. The summed E-state index contributed by atoms with van der Waals surface area (Å²) in [6.07, 6.45) is 0. The number of hydrogen-bond donors (Lipinski definition) is 0. The first kappa shape index (κ1) is 12.7. The van der Waals surface area contributed by atoms with Crippen molar-refractivity contribution in [3.63, 3.8) is 0 Å². The molecule has 0 unspecified atom stereocenters. The van der Waals surface area contributed by atoms with Gasteiger partial charge in [-0.05, 0) is 20.8 Å². The van der Waals surface area contributed by atoms with Crippen LogP contribution in [0.4, 0.5) is 10.1 Å². The molecule has 1 aromatic carbocycles. The fraction of sp³-hybridized carbons (Fsp3) is 0.400. The summed E-state index contributed by atoms with van der Waals surface area (Å²) in [6, 6.07) is 1.86.